The first-order valence-electron chi connectivity index (χ1n) is 6.65. The zero-order valence-corrected chi connectivity index (χ0v) is 10.5. The lowest BCUT2D eigenvalue weighted by molar-refractivity contribution is 0.0779. The summed E-state index contributed by atoms with van der Waals surface area (Å²) in [6.45, 7) is 10.8. The molecule has 1 saturated carbocycles. The Bertz CT molecular complexity index is 199. The summed E-state index contributed by atoms with van der Waals surface area (Å²) in [4.78, 5) is 2.75. The van der Waals surface area contributed by atoms with Crippen LogP contribution in [0.1, 0.15) is 40.0 Å². The average molecular weight is 210 g/mol. The van der Waals surface area contributed by atoms with Gasteiger partial charge in [-0.05, 0) is 25.2 Å². The summed E-state index contributed by atoms with van der Waals surface area (Å²) in [5.41, 5.74) is 0. The SMILES string of the molecule is CC(C)C1CNCCN1C(C)CC1CC1. The Hall–Kier alpha value is -0.0800. The Labute approximate surface area is 94.4 Å². The van der Waals surface area contributed by atoms with Gasteiger partial charge in [-0.1, -0.05) is 26.7 Å². The third-order valence-electron chi connectivity index (χ3n) is 4.03. The van der Waals surface area contributed by atoms with E-state index in [1.807, 2.05) is 0 Å². The smallest absolute Gasteiger partial charge is 0.0246 e. The topological polar surface area (TPSA) is 15.3 Å². The van der Waals surface area contributed by atoms with Crippen LogP contribution in [-0.4, -0.2) is 36.6 Å². The molecule has 0 spiro atoms. The lowest BCUT2D eigenvalue weighted by Crippen LogP contribution is -2.56. The van der Waals surface area contributed by atoms with E-state index in [1.165, 1.54) is 38.9 Å². The van der Waals surface area contributed by atoms with E-state index in [9.17, 15) is 0 Å². The standard InChI is InChI=1S/C13H26N2/c1-10(2)13-9-14-6-7-15(13)11(3)8-12-4-5-12/h10-14H,4-9H2,1-3H3. The first kappa shape index (κ1) is 11.4. The minimum absolute atomic E-state index is 0.757. The second-order valence-corrected chi connectivity index (χ2v) is 5.78. The Morgan fingerprint density at radius 3 is 2.60 bits per heavy atom. The van der Waals surface area contributed by atoms with Gasteiger partial charge >= 0.3 is 0 Å². The van der Waals surface area contributed by atoms with Gasteiger partial charge in [0.25, 0.3) is 0 Å². The molecular weight excluding hydrogens is 184 g/mol. The summed E-state index contributed by atoms with van der Waals surface area (Å²) >= 11 is 0. The van der Waals surface area contributed by atoms with Crippen molar-refractivity contribution in [3.8, 4) is 0 Å². The lowest BCUT2D eigenvalue weighted by Gasteiger charge is -2.42. The molecule has 88 valence electrons. The highest BCUT2D eigenvalue weighted by atomic mass is 15.2. The number of nitrogens with zero attached hydrogens (tertiary/aromatic N) is 1. The minimum atomic E-state index is 0.757. The van der Waals surface area contributed by atoms with Gasteiger partial charge in [0.1, 0.15) is 0 Å². The average Bonchev–Trinajstić information content (AvgIpc) is 3.01. The van der Waals surface area contributed by atoms with Gasteiger partial charge in [-0.3, -0.25) is 4.90 Å². The molecule has 0 radical (unpaired) electrons. The molecule has 2 aliphatic rings. The molecule has 0 aromatic carbocycles. The van der Waals surface area contributed by atoms with Crippen molar-refractivity contribution in [1.29, 1.82) is 0 Å². The number of rotatable bonds is 4. The van der Waals surface area contributed by atoms with Crippen molar-refractivity contribution in [3.05, 3.63) is 0 Å². The highest BCUT2D eigenvalue weighted by molar-refractivity contribution is 4.88. The fraction of sp³-hybridized carbons (Fsp3) is 1.00. The maximum atomic E-state index is 3.53. The molecule has 0 amide bonds. The molecule has 0 bridgehead atoms. The van der Waals surface area contributed by atoms with Gasteiger partial charge in [-0.15, -0.1) is 0 Å². The molecule has 1 heterocycles. The van der Waals surface area contributed by atoms with Crippen molar-refractivity contribution in [2.45, 2.75) is 52.1 Å². The monoisotopic (exact) mass is 210 g/mol. The Morgan fingerprint density at radius 2 is 2.00 bits per heavy atom. The largest absolute Gasteiger partial charge is 0.314 e. The van der Waals surface area contributed by atoms with E-state index in [0.29, 0.717) is 0 Å². The van der Waals surface area contributed by atoms with Crippen LogP contribution in [0, 0.1) is 11.8 Å². The highest BCUT2D eigenvalue weighted by Gasteiger charge is 2.32. The zero-order chi connectivity index (χ0) is 10.8. The third kappa shape index (κ3) is 2.94. The second kappa shape index (κ2) is 4.84. The summed E-state index contributed by atoms with van der Waals surface area (Å²) in [7, 11) is 0. The number of nitrogens with one attached hydrogen (secondary N) is 1. The number of hydrogen-bond acceptors (Lipinski definition) is 2. The van der Waals surface area contributed by atoms with E-state index >= 15 is 0 Å². The van der Waals surface area contributed by atoms with Crippen molar-refractivity contribution in [2.24, 2.45) is 11.8 Å². The molecule has 2 nitrogen and oxygen atoms in total. The summed E-state index contributed by atoms with van der Waals surface area (Å²) in [6.07, 6.45) is 4.41. The highest BCUT2D eigenvalue weighted by Crippen LogP contribution is 2.35. The first-order valence-corrected chi connectivity index (χ1v) is 6.65. The molecule has 1 aliphatic carbocycles. The Balaban J connectivity index is 1.90. The first-order chi connectivity index (χ1) is 7.18. The fourth-order valence-corrected chi connectivity index (χ4v) is 2.88. The molecule has 1 aliphatic heterocycles. The van der Waals surface area contributed by atoms with Crippen LogP contribution in [0.4, 0.5) is 0 Å². The maximum absolute atomic E-state index is 3.53. The van der Waals surface area contributed by atoms with Gasteiger partial charge in [0.2, 0.25) is 0 Å². The quantitative estimate of drug-likeness (QED) is 0.764. The van der Waals surface area contributed by atoms with E-state index in [-0.39, 0.29) is 0 Å². The molecule has 2 atom stereocenters. The van der Waals surface area contributed by atoms with Crippen LogP contribution in [0.3, 0.4) is 0 Å². The van der Waals surface area contributed by atoms with Gasteiger partial charge < -0.3 is 5.32 Å². The van der Waals surface area contributed by atoms with Gasteiger partial charge in [-0.2, -0.15) is 0 Å². The van der Waals surface area contributed by atoms with Crippen LogP contribution < -0.4 is 5.32 Å². The summed E-state index contributed by atoms with van der Waals surface area (Å²) < 4.78 is 0. The molecule has 2 fully saturated rings. The van der Waals surface area contributed by atoms with Crippen molar-refractivity contribution in [3.63, 3.8) is 0 Å². The summed E-state index contributed by atoms with van der Waals surface area (Å²) in [6, 6.07) is 1.56. The van der Waals surface area contributed by atoms with E-state index in [0.717, 1.165) is 23.9 Å². The fourth-order valence-electron chi connectivity index (χ4n) is 2.88. The maximum Gasteiger partial charge on any atom is 0.0246 e. The van der Waals surface area contributed by atoms with Crippen molar-refractivity contribution in [1.82, 2.24) is 10.2 Å². The lowest BCUT2D eigenvalue weighted by atomic mass is 9.97. The van der Waals surface area contributed by atoms with Crippen LogP contribution >= 0.6 is 0 Å². The van der Waals surface area contributed by atoms with Crippen molar-refractivity contribution in [2.75, 3.05) is 19.6 Å². The molecule has 2 rings (SSSR count). The van der Waals surface area contributed by atoms with Gasteiger partial charge in [0.15, 0.2) is 0 Å². The Kier molecular flexibility index (Phi) is 3.68. The van der Waals surface area contributed by atoms with Gasteiger partial charge in [0, 0.05) is 31.7 Å². The molecule has 15 heavy (non-hydrogen) atoms. The van der Waals surface area contributed by atoms with Gasteiger partial charge in [-0.25, -0.2) is 0 Å². The number of hydrogen-bond donors (Lipinski definition) is 1. The van der Waals surface area contributed by atoms with Crippen molar-refractivity contribution < 1.29 is 0 Å². The molecular formula is C13H26N2. The molecule has 1 N–H and O–H groups in total. The molecule has 0 aromatic heterocycles. The summed E-state index contributed by atoms with van der Waals surface area (Å²) in [5.74, 6) is 1.84. The normalized spacial score (nSPS) is 30.8. The van der Waals surface area contributed by atoms with Crippen LogP contribution in [-0.2, 0) is 0 Å². The molecule has 1 saturated heterocycles. The molecule has 2 heteroatoms. The predicted octanol–water partition coefficient (Wildman–Crippen LogP) is 2.10. The Morgan fingerprint density at radius 1 is 1.27 bits per heavy atom. The minimum Gasteiger partial charge on any atom is -0.314 e. The van der Waals surface area contributed by atoms with Crippen LogP contribution in [0.5, 0.6) is 0 Å². The van der Waals surface area contributed by atoms with Crippen LogP contribution in [0.2, 0.25) is 0 Å². The second-order valence-electron chi connectivity index (χ2n) is 5.78. The molecule has 0 aromatic rings. The van der Waals surface area contributed by atoms with Crippen LogP contribution in [0.25, 0.3) is 0 Å². The predicted molar refractivity (Wildman–Crippen MR) is 65.0 cm³/mol. The summed E-state index contributed by atoms with van der Waals surface area (Å²) in [5, 5.41) is 3.53. The third-order valence-corrected chi connectivity index (χ3v) is 4.03. The van der Waals surface area contributed by atoms with E-state index in [1.54, 1.807) is 0 Å². The van der Waals surface area contributed by atoms with Gasteiger partial charge in [0.05, 0.1) is 0 Å². The van der Waals surface area contributed by atoms with Crippen molar-refractivity contribution >= 4 is 0 Å². The zero-order valence-electron chi connectivity index (χ0n) is 10.5. The van der Waals surface area contributed by atoms with Crippen LogP contribution in [0.15, 0.2) is 0 Å². The van der Waals surface area contributed by atoms with E-state index in [4.69, 9.17) is 0 Å². The number of piperazine rings is 1. The molecule has 2 unspecified atom stereocenters. The van der Waals surface area contributed by atoms with E-state index in [2.05, 4.69) is 31.0 Å². The van der Waals surface area contributed by atoms with E-state index < -0.39 is 0 Å².